The van der Waals surface area contributed by atoms with E-state index in [0.29, 0.717) is 24.3 Å². The van der Waals surface area contributed by atoms with E-state index in [1.54, 1.807) is 7.11 Å². The predicted octanol–water partition coefficient (Wildman–Crippen LogP) is 1.12. The minimum atomic E-state index is 0.335. The number of nitrogen functional groups attached to an aromatic ring is 1. The number of nitrogens with two attached hydrogens (primary N) is 1. The van der Waals surface area contributed by atoms with E-state index in [1.165, 1.54) is 6.33 Å². The summed E-state index contributed by atoms with van der Waals surface area (Å²) in [6, 6.07) is 0.335. The lowest BCUT2D eigenvalue weighted by molar-refractivity contribution is 0.388. The smallest absolute Gasteiger partial charge is 0.222 e. The summed E-state index contributed by atoms with van der Waals surface area (Å²) in [5, 5.41) is 3.30. The zero-order valence-corrected chi connectivity index (χ0v) is 9.73. The second-order valence-corrected chi connectivity index (χ2v) is 3.55. The topological polar surface area (TPSA) is 73.1 Å². The maximum atomic E-state index is 5.77. The summed E-state index contributed by atoms with van der Waals surface area (Å²) in [5.74, 6) is 0.968. The highest BCUT2D eigenvalue weighted by molar-refractivity contribution is 5.44. The molecule has 0 aliphatic carbocycles. The van der Waals surface area contributed by atoms with Gasteiger partial charge in [-0.3, -0.25) is 0 Å². The molecule has 0 bridgehead atoms. The lowest BCUT2D eigenvalue weighted by Gasteiger charge is -2.14. The Morgan fingerprint density at radius 2 is 2.38 bits per heavy atom. The minimum Gasteiger partial charge on any atom is -0.481 e. The summed E-state index contributed by atoms with van der Waals surface area (Å²) in [4.78, 5) is 7.95. The number of methoxy groups -OCH3 is 1. The van der Waals surface area contributed by atoms with Crippen LogP contribution in [0.5, 0.6) is 5.88 Å². The fourth-order valence-corrected chi connectivity index (χ4v) is 1.36. The Balaban J connectivity index is 2.68. The van der Waals surface area contributed by atoms with Crippen molar-refractivity contribution in [1.29, 1.82) is 0 Å². The van der Waals surface area contributed by atoms with Gasteiger partial charge in [0.2, 0.25) is 5.88 Å². The third-order valence-electron chi connectivity index (χ3n) is 2.28. The molecule has 1 aromatic heterocycles. The van der Waals surface area contributed by atoms with Crippen LogP contribution in [0.3, 0.4) is 0 Å². The van der Waals surface area contributed by atoms with E-state index in [2.05, 4.69) is 28.8 Å². The zero-order chi connectivity index (χ0) is 12.0. The first kappa shape index (κ1) is 12.4. The van der Waals surface area contributed by atoms with Crippen molar-refractivity contribution in [2.45, 2.75) is 25.9 Å². The van der Waals surface area contributed by atoms with Crippen molar-refractivity contribution < 1.29 is 4.74 Å². The standard InChI is InChI=1S/C11H18N4O/c1-4-5-8(2)13-6-9-10(12)14-7-15-11(9)16-3/h4,7-8,13H,1,5-6H2,2-3H3,(H2,12,14,15). The molecule has 5 heteroatoms. The number of hydrogen-bond acceptors (Lipinski definition) is 5. The van der Waals surface area contributed by atoms with E-state index in [1.807, 2.05) is 6.08 Å². The van der Waals surface area contributed by atoms with Gasteiger partial charge in [0.15, 0.2) is 0 Å². The Bertz CT molecular complexity index is 354. The van der Waals surface area contributed by atoms with Gasteiger partial charge in [0.05, 0.1) is 12.7 Å². The average molecular weight is 222 g/mol. The van der Waals surface area contributed by atoms with Crippen LogP contribution in [0.1, 0.15) is 18.9 Å². The molecule has 16 heavy (non-hydrogen) atoms. The zero-order valence-electron chi connectivity index (χ0n) is 9.73. The summed E-state index contributed by atoms with van der Waals surface area (Å²) in [6.07, 6.45) is 4.17. The fraction of sp³-hybridized carbons (Fsp3) is 0.455. The molecular weight excluding hydrogens is 204 g/mol. The number of aromatic nitrogens is 2. The fourth-order valence-electron chi connectivity index (χ4n) is 1.36. The van der Waals surface area contributed by atoms with Crippen LogP contribution >= 0.6 is 0 Å². The molecule has 0 aromatic carbocycles. The molecule has 1 atom stereocenters. The molecule has 1 rings (SSSR count). The summed E-state index contributed by atoms with van der Waals surface area (Å²) >= 11 is 0. The Kier molecular flexibility index (Phi) is 4.72. The largest absolute Gasteiger partial charge is 0.481 e. The number of anilines is 1. The summed E-state index contributed by atoms with van der Waals surface area (Å²) in [6.45, 7) is 6.36. The van der Waals surface area contributed by atoms with Gasteiger partial charge in [-0.1, -0.05) is 6.08 Å². The third kappa shape index (κ3) is 3.20. The number of ether oxygens (including phenoxy) is 1. The molecule has 88 valence electrons. The first-order valence-electron chi connectivity index (χ1n) is 5.16. The molecule has 0 amide bonds. The second kappa shape index (κ2) is 6.07. The van der Waals surface area contributed by atoms with Gasteiger partial charge in [0, 0.05) is 12.6 Å². The highest BCUT2D eigenvalue weighted by atomic mass is 16.5. The molecule has 0 aliphatic heterocycles. The molecule has 1 heterocycles. The molecule has 1 aromatic rings. The van der Waals surface area contributed by atoms with Gasteiger partial charge in [-0.05, 0) is 13.3 Å². The van der Waals surface area contributed by atoms with Gasteiger partial charge in [-0.25, -0.2) is 9.97 Å². The van der Waals surface area contributed by atoms with Gasteiger partial charge in [0.25, 0.3) is 0 Å². The molecule has 0 spiro atoms. The van der Waals surface area contributed by atoms with Crippen molar-refractivity contribution in [3.8, 4) is 5.88 Å². The van der Waals surface area contributed by atoms with E-state index in [4.69, 9.17) is 10.5 Å². The molecule has 0 saturated heterocycles. The van der Waals surface area contributed by atoms with Crippen LogP contribution in [0.25, 0.3) is 0 Å². The summed E-state index contributed by atoms with van der Waals surface area (Å²) in [7, 11) is 1.57. The Labute approximate surface area is 95.7 Å². The van der Waals surface area contributed by atoms with Crippen LogP contribution < -0.4 is 15.8 Å². The molecule has 1 unspecified atom stereocenters. The first-order chi connectivity index (χ1) is 7.69. The van der Waals surface area contributed by atoms with Crippen molar-refractivity contribution in [1.82, 2.24) is 15.3 Å². The Hall–Kier alpha value is -1.62. The van der Waals surface area contributed by atoms with Crippen LogP contribution in [-0.4, -0.2) is 23.1 Å². The van der Waals surface area contributed by atoms with Gasteiger partial charge >= 0.3 is 0 Å². The lowest BCUT2D eigenvalue weighted by atomic mass is 10.2. The molecule has 0 fully saturated rings. The molecule has 5 nitrogen and oxygen atoms in total. The Morgan fingerprint density at radius 1 is 1.62 bits per heavy atom. The quantitative estimate of drug-likeness (QED) is 0.706. The number of rotatable bonds is 6. The molecule has 0 saturated carbocycles. The third-order valence-corrected chi connectivity index (χ3v) is 2.28. The monoisotopic (exact) mass is 222 g/mol. The Morgan fingerprint density at radius 3 is 3.00 bits per heavy atom. The SMILES string of the molecule is C=CCC(C)NCc1c(N)ncnc1OC. The van der Waals surface area contributed by atoms with Crippen LogP contribution in [0.15, 0.2) is 19.0 Å². The van der Waals surface area contributed by atoms with E-state index < -0.39 is 0 Å². The van der Waals surface area contributed by atoms with Crippen molar-refractivity contribution in [2.75, 3.05) is 12.8 Å². The van der Waals surface area contributed by atoms with Crippen LogP contribution in [-0.2, 0) is 6.54 Å². The van der Waals surface area contributed by atoms with E-state index in [-0.39, 0.29) is 0 Å². The van der Waals surface area contributed by atoms with E-state index >= 15 is 0 Å². The normalized spacial score (nSPS) is 12.1. The first-order valence-corrected chi connectivity index (χ1v) is 5.16. The summed E-state index contributed by atoms with van der Waals surface area (Å²) < 4.78 is 5.13. The van der Waals surface area contributed by atoms with Crippen LogP contribution in [0.4, 0.5) is 5.82 Å². The predicted molar refractivity (Wildman–Crippen MR) is 64.1 cm³/mol. The highest BCUT2D eigenvalue weighted by Crippen LogP contribution is 2.18. The maximum Gasteiger partial charge on any atom is 0.222 e. The molecule has 0 aliphatic rings. The van der Waals surface area contributed by atoms with Crippen LogP contribution in [0.2, 0.25) is 0 Å². The number of nitrogens with zero attached hydrogens (tertiary/aromatic N) is 2. The van der Waals surface area contributed by atoms with E-state index in [0.717, 1.165) is 12.0 Å². The summed E-state index contributed by atoms with van der Waals surface area (Å²) in [5.41, 5.74) is 6.56. The van der Waals surface area contributed by atoms with Gasteiger partial charge in [-0.2, -0.15) is 0 Å². The van der Waals surface area contributed by atoms with Crippen LogP contribution in [0, 0.1) is 0 Å². The molecular formula is C11H18N4O. The van der Waals surface area contributed by atoms with E-state index in [9.17, 15) is 0 Å². The van der Waals surface area contributed by atoms with Crippen molar-refractivity contribution >= 4 is 5.82 Å². The second-order valence-electron chi connectivity index (χ2n) is 3.55. The van der Waals surface area contributed by atoms with Crippen molar-refractivity contribution in [2.24, 2.45) is 0 Å². The number of hydrogen-bond donors (Lipinski definition) is 2. The molecule has 0 radical (unpaired) electrons. The lowest BCUT2D eigenvalue weighted by Crippen LogP contribution is -2.25. The van der Waals surface area contributed by atoms with Gasteiger partial charge in [-0.15, -0.1) is 6.58 Å². The number of nitrogens with one attached hydrogen (secondary N) is 1. The van der Waals surface area contributed by atoms with Crippen molar-refractivity contribution in [3.05, 3.63) is 24.5 Å². The maximum absolute atomic E-state index is 5.77. The van der Waals surface area contributed by atoms with Gasteiger partial charge in [0.1, 0.15) is 12.1 Å². The highest BCUT2D eigenvalue weighted by Gasteiger charge is 2.10. The van der Waals surface area contributed by atoms with Gasteiger partial charge < -0.3 is 15.8 Å². The molecule has 3 N–H and O–H groups in total. The average Bonchev–Trinajstić information content (AvgIpc) is 2.27. The minimum absolute atomic E-state index is 0.335. The van der Waals surface area contributed by atoms with Crippen molar-refractivity contribution in [3.63, 3.8) is 0 Å².